The van der Waals surface area contributed by atoms with Crippen LogP contribution in [0.2, 0.25) is 0 Å². The number of nitrogens with two attached hydrogens (primary N) is 1. The number of nitriles is 1. The highest BCUT2D eigenvalue weighted by molar-refractivity contribution is 7.13. The topological polar surface area (TPSA) is 67.6 Å². The van der Waals surface area contributed by atoms with Crippen LogP contribution in [0.4, 0.5) is 5.69 Å². The predicted molar refractivity (Wildman–Crippen MR) is 55.6 cm³/mol. The molecule has 0 aromatic carbocycles. The van der Waals surface area contributed by atoms with Gasteiger partial charge in [-0.2, -0.15) is 10.4 Å². The minimum Gasteiger partial charge on any atom is -0.396 e. The van der Waals surface area contributed by atoms with Gasteiger partial charge in [-0.1, -0.05) is 0 Å². The molecule has 5 heteroatoms. The minimum absolute atomic E-state index is 0.638. The number of anilines is 1. The summed E-state index contributed by atoms with van der Waals surface area (Å²) >= 11 is 1.50. The Morgan fingerprint density at radius 1 is 1.64 bits per heavy atom. The van der Waals surface area contributed by atoms with Crippen molar-refractivity contribution in [2.24, 2.45) is 7.05 Å². The van der Waals surface area contributed by atoms with Gasteiger partial charge in [-0.3, -0.25) is 4.68 Å². The van der Waals surface area contributed by atoms with Crippen LogP contribution >= 0.6 is 11.3 Å². The number of rotatable bonds is 1. The first-order valence-electron chi connectivity index (χ1n) is 3.99. The molecule has 0 fully saturated rings. The Hall–Kier alpha value is -1.80. The van der Waals surface area contributed by atoms with Crippen molar-refractivity contribution < 1.29 is 0 Å². The third-order valence-corrected chi connectivity index (χ3v) is 2.87. The molecule has 2 aromatic heterocycles. The quantitative estimate of drug-likeness (QED) is 0.767. The molecule has 0 atom stereocenters. The lowest BCUT2D eigenvalue weighted by molar-refractivity contribution is 0.777. The number of aryl methyl sites for hydroxylation is 1. The normalized spacial score (nSPS) is 10.0. The molecule has 2 rings (SSSR count). The highest BCUT2D eigenvalue weighted by Crippen LogP contribution is 2.30. The van der Waals surface area contributed by atoms with Crippen molar-refractivity contribution in [3.8, 4) is 16.6 Å². The highest BCUT2D eigenvalue weighted by atomic mass is 32.1. The summed E-state index contributed by atoms with van der Waals surface area (Å²) in [6.07, 6.45) is 1.61. The number of nitrogen functional groups attached to an aromatic ring is 1. The van der Waals surface area contributed by atoms with Gasteiger partial charge in [0.05, 0.1) is 22.3 Å². The minimum atomic E-state index is 0.638. The first kappa shape index (κ1) is 8.78. The smallest absolute Gasteiger partial charge is 0.101 e. The zero-order valence-electron chi connectivity index (χ0n) is 7.56. The fourth-order valence-electron chi connectivity index (χ4n) is 1.28. The second-order valence-corrected chi connectivity index (χ2v) is 3.79. The van der Waals surface area contributed by atoms with Gasteiger partial charge < -0.3 is 5.73 Å². The van der Waals surface area contributed by atoms with Crippen molar-refractivity contribution in [3.05, 3.63) is 23.2 Å². The molecule has 2 N–H and O–H groups in total. The molecule has 70 valence electrons. The van der Waals surface area contributed by atoms with Crippen LogP contribution in [-0.2, 0) is 7.05 Å². The number of nitrogens with zero attached hydrogens (tertiary/aromatic N) is 3. The van der Waals surface area contributed by atoms with Crippen molar-refractivity contribution in [1.29, 1.82) is 5.26 Å². The summed E-state index contributed by atoms with van der Waals surface area (Å²) in [5.74, 6) is 0. The van der Waals surface area contributed by atoms with Gasteiger partial charge in [-0.25, -0.2) is 0 Å². The molecule has 0 saturated carbocycles. The fraction of sp³-hybridized carbons (Fsp3) is 0.111. The molecule has 0 spiro atoms. The zero-order valence-corrected chi connectivity index (χ0v) is 8.38. The Morgan fingerprint density at radius 3 is 2.93 bits per heavy atom. The Labute approximate surface area is 85.2 Å². The molecule has 14 heavy (non-hydrogen) atoms. The number of thiophene rings is 1. The summed E-state index contributed by atoms with van der Waals surface area (Å²) in [5, 5.41) is 14.5. The monoisotopic (exact) mass is 204 g/mol. The molecule has 0 aliphatic carbocycles. The van der Waals surface area contributed by atoms with Crippen LogP contribution < -0.4 is 5.73 Å². The summed E-state index contributed by atoms with van der Waals surface area (Å²) in [5.41, 5.74) is 7.93. The van der Waals surface area contributed by atoms with Crippen LogP contribution in [0.25, 0.3) is 10.6 Å². The maximum absolute atomic E-state index is 8.69. The lowest BCUT2D eigenvalue weighted by atomic mass is 10.2. The molecule has 2 heterocycles. The molecule has 0 saturated heterocycles. The van der Waals surface area contributed by atoms with Gasteiger partial charge in [0.15, 0.2) is 0 Å². The fourth-order valence-corrected chi connectivity index (χ4v) is 2.21. The van der Waals surface area contributed by atoms with E-state index in [0.29, 0.717) is 11.3 Å². The summed E-state index contributed by atoms with van der Waals surface area (Å²) < 4.78 is 1.71. The number of hydrogen-bond donors (Lipinski definition) is 1. The molecule has 0 radical (unpaired) electrons. The van der Waals surface area contributed by atoms with E-state index in [0.717, 1.165) is 10.6 Å². The molecule has 0 amide bonds. The van der Waals surface area contributed by atoms with E-state index < -0.39 is 0 Å². The van der Waals surface area contributed by atoms with E-state index in [-0.39, 0.29) is 0 Å². The van der Waals surface area contributed by atoms with Gasteiger partial charge in [0, 0.05) is 12.4 Å². The Morgan fingerprint density at radius 2 is 2.43 bits per heavy atom. The van der Waals surface area contributed by atoms with Crippen molar-refractivity contribution in [3.63, 3.8) is 0 Å². The van der Waals surface area contributed by atoms with E-state index in [1.165, 1.54) is 11.3 Å². The van der Waals surface area contributed by atoms with Crippen LogP contribution in [-0.4, -0.2) is 9.78 Å². The molecule has 0 aliphatic heterocycles. The van der Waals surface area contributed by atoms with E-state index in [1.54, 1.807) is 10.9 Å². The van der Waals surface area contributed by atoms with E-state index >= 15 is 0 Å². The Kier molecular flexibility index (Phi) is 1.98. The van der Waals surface area contributed by atoms with Gasteiger partial charge in [-0.15, -0.1) is 11.3 Å². The number of aromatic nitrogens is 2. The van der Waals surface area contributed by atoms with Crippen molar-refractivity contribution in [2.45, 2.75) is 0 Å². The maximum Gasteiger partial charge on any atom is 0.101 e. The van der Waals surface area contributed by atoms with Crippen molar-refractivity contribution >= 4 is 17.0 Å². The summed E-state index contributed by atoms with van der Waals surface area (Å²) in [7, 11) is 1.83. The lowest BCUT2D eigenvalue weighted by Crippen LogP contribution is -1.93. The van der Waals surface area contributed by atoms with Gasteiger partial charge in [0.25, 0.3) is 0 Å². The largest absolute Gasteiger partial charge is 0.396 e. The molecule has 0 bridgehead atoms. The first-order valence-corrected chi connectivity index (χ1v) is 4.87. The molecular weight excluding hydrogens is 196 g/mol. The zero-order chi connectivity index (χ0) is 10.1. The van der Waals surface area contributed by atoms with Gasteiger partial charge in [-0.05, 0) is 6.07 Å². The highest BCUT2D eigenvalue weighted by Gasteiger charge is 2.10. The van der Waals surface area contributed by atoms with Crippen LogP contribution in [0.15, 0.2) is 17.6 Å². The van der Waals surface area contributed by atoms with Crippen molar-refractivity contribution in [2.75, 3.05) is 5.73 Å². The van der Waals surface area contributed by atoms with Gasteiger partial charge >= 0.3 is 0 Å². The third kappa shape index (κ3) is 1.26. The summed E-state index contributed by atoms with van der Waals surface area (Å²) in [6.45, 7) is 0. The third-order valence-electron chi connectivity index (χ3n) is 1.93. The average Bonchev–Trinajstić information content (AvgIpc) is 2.73. The summed E-state index contributed by atoms with van der Waals surface area (Å²) in [6, 6.07) is 3.91. The van der Waals surface area contributed by atoms with Crippen LogP contribution in [0, 0.1) is 11.3 Å². The van der Waals surface area contributed by atoms with E-state index in [4.69, 9.17) is 11.0 Å². The lowest BCUT2D eigenvalue weighted by Gasteiger charge is -1.98. The molecular formula is C9H8N4S. The molecule has 0 aliphatic rings. The SMILES string of the molecule is Cn1ncc(N)c1-c1cc(C#N)cs1. The van der Waals surface area contributed by atoms with Gasteiger partial charge in [0.1, 0.15) is 11.8 Å². The molecule has 2 aromatic rings. The Balaban J connectivity index is 2.55. The maximum atomic E-state index is 8.69. The standard InChI is InChI=1S/C9H8N4S/c1-13-9(7(11)4-12-13)8-2-6(3-10)5-14-8/h2,4-5H,11H2,1H3. The Bertz CT molecular complexity index is 484. The molecule has 0 unspecified atom stereocenters. The van der Waals surface area contributed by atoms with E-state index in [9.17, 15) is 0 Å². The van der Waals surface area contributed by atoms with Gasteiger partial charge in [0.2, 0.25) is 0 Å². The summed E-state index contributed by atoms with van der Waals surface area (Å²) in [4.78, 5) is 0.971. The second-order valence-electron chi connectivity index (χ2n) is 2.88. The van der Waals surface area contributed by atoms with E-state index in [2.05, 4.69) is 11.2 Å². The average molecular weight is 204 g/mol. The predicted octanol–water partition coefficient (Wildman–Crippen LogP) is 1.60. The first-order chi connectivity index (χ1) is 6.72. The van der Waals surface area contributed by atoms with Crippen molar-refractivity contribution in [1.82, 2.24) is 9.78 Å². The second kappa shape index (κ2) is 3.16. The van der Waals surface area contributed by atoms with E-state index in [1.807, 2.05) is 18.5 Å². The van der Waals surface area contributed by atoms with Crippen LogP contribution in [0.5, 0.6) is 0 Å². The van der Waals surface area contributed by atoms with Crippen LogP contribution in [0.3, 0.4) is 0 Å². The number of hydrogen-bond acceptors (Lipinski definition) is 4. The van der Waals surface area contributed by atoms with Crippen LogP contribution in [0.1, 0.15) is 5.56 Å². The molecule has 4 nitrogen and oxygen atoms in total.